The van der Waals surface area contributed by atoms with E-state index in [1.807, 2.05) is 6.92 Å². The van der Waals surface area contributed by atoms with Gasteiger partial charge in [-0.1, -0.05) is 44.2 Å². The Morgan fingerprint density at radius 1 is 1.50 bits per heavy atom. The SMILES string of the molecule is C=C(C)/C(=c1/c(Cl)n[nH]c1=C)C(C)C. The van der Waals surface area contributed by atoms with Crippen LogP contribution in [0, 0.1) is 5.92 Å². The molecule has 1 aromatic heterocycles. The highest BCUT2D eigenvalue weighted by molar-refractivity contribution is 6.29. The molecule has 0 spiro atoms. The van der Waals surface area contributed by atoms with Crippen LogP contribution >= 0.6 is 11.6 Å². The van der Waals surface area contributed by atoms with Crippen molar-refractivity contribution in [1.82, 2.24) is 10.2 Å². The minimum absolute atomic E-state index is 0.364. The van der Waals surface area contributed by atoms with Gasteiger partial charge in [-0.2, -0.15) is 5.10 Å². The molecule has 14 heavy (non-hydrogen) atoms. The van der Waals surface area contributed by atoms with E-state index in [0.717, 1.165) is 21.7 Å². The third-order valence-corrected chi connectivity index (χ3v) is 2.38. The lowest BCUT2D eigenvalue weighted by molar-refractivity contribution is 0.846. The Morgan fingerprint density at radius 3 is 2.36 bits per heavy atom. The van der Waals surface area contributed by atoms with E-state index in [1.54, 1.807) is 0 Å². The lowest BCUT2D eigenvalue weighted by atomic mass is 9.95. The van der Waals surface area contributed by atoms with Crippen molar-refractivity contribution in [1.29, 1.82) is 0 Å². The Hall–Kier alpha value is -1.02. The van der Waals surface area contributed by atoms with Gasteiger partial charge >= 0.3 is 0 Å². The summed E-state index contributed by atoms with van der Waals surface area (Å²) >= 11 is 5.98. The largest absolute Gasteiger partial charge is 0.277 e. The van der Waals surface area contributed by atoms with Crippen molar-refractivity contribution in [3.05, 3.63) is 27.9 Å². The van der Waals surface area contributed by atoms with E-state index < -0.39 is 0 Å². The van der Waals surface area contributed by atoms with Gasteiger partial charge in [0, 0.05) is 5.22 Å². The summed E-state index contributed by atoms with van der Waals surface area (Å²) in [5, 5.41) is 8.81. The van der Waals surface area contributed by atoms with Crippen molar-refractivity contribution in [2.24, 2.45) is 5.92 Å². The van der Waals surface area contributed by atoms with Gasteiger partial charge in [-0.15, -0.1) is 0 Å². The number of aromatic amines is 1. The van der Waals surface area contributed by atoms with Crippen LogP contribution in [0.4, 0.5) is 0 Å². The molecule has 3 heteroatoms. The molecule has 1 rings (SSSR count). The fourth-order valence-corrected chi connectivity index (χ4v) is 1.88. The van der Waals surface area contributed by atoms with Crippen LogP contribution in [0.1, 0.15) is 20.8 Å². The Morgan fingerprint density at radius 2 is 2.07 bits per heavy atom. The van der Waals surface area contributed by atoms with Gasteiger partial charge in [0.05, 0.1) is 5.35 Å². The van der Waals surface area contributed by atoms with E-state index in [4.69, 9.17) is 11.6 Å². The topological polar surface area (TPSA) is 28.7 Å². The number of hydrogen-bond acceptors (Lipinski definition) is 1. The summed E-state index contributed by atoms with van der Waals surface area (Å²) in [6.07, 6.45) is 0. The molecule has 0 aromatic carbocycles. The lowest BCUT2D eigenvalue weighted by Crippen LogP contribution is -2.26. The molecule has 0 aliphatic carbocycles. The Labute approximate surface area is 89.0 Å². The highest BCUT2D eigenvalue weighted by Gasteiger charge is 2.09. The van der Waals surface area contributed by atoms with E-state index in [9.17, 15) is 0 Å². The molecule has 2 nitrogen and oxygen atoms in total. The van der Waals surface area contributed by atoms with E-state index in [2.05, 4.69) is 37.2 Å². The van der Waals surface area contributed by atoms with Crippen molar-refractivity contribution in [3.8, 4) is 0 Å². The van der Waals surface area contributed by atoms with Crippen LogP contribution in [0.15, 0.2) is 12.2 Å². The number of hydrogen-bond donors (Lipinski definition) is 1. The fraction of sp³-hybridized carbons (Fsp3) is 0.364. The van der Waals surface area contributed by atoms with Crippen LogP contribution in [-0.2, 0) is 0 Å². The summed E-state index contributed by atoms with van der Waals surface area (Å²) < 4.78 is 0. The minimum atomic E-state index is 0.364. The monoisotopic (exact) mass is 210 g/mol. The van der Waals surface area contributed by atoms with Gasteiger partial charge in [0.1, 0.15) is 0 Å². The second-order valence-corrected chi connectivity index (χ2v) is 4.07. The molecule has 0 fully saturated rings. The number of allylic oxidation sites excluding steroid dienone is 1. The summed E-state index contributed by atoms with van der Waals surface area (Å²) in [6, 6.07) is 0. The molecular weight excluding hydrogens is 196 g/mol. The first-order valence-electron chi connectivity index (χ1n) is 4.54. The summed E-state index contributed by atoms with van der Waals surface area (Å²) in [5.74, 6) is 0.364. The molecule has 0 saturated heterocycles. The molecule has 1 heterocycles. The molecule has 0 radical (unpaired) electrons. The molecule has 0 bridgehead atoms. The number of H-pyrrole nitrogens is 1. The van der Waals surface area contributed by atoms with Gasteiger partial charge < -0.3 is 0 Å². The van der Waals surface area contributed by atoms with Gasteiger partial charge in [-0.05, 0) is 18.4 Å². The summed E-state index contributed by atoms with van der Waals surface area (Å²) in [6.45, 7) is 14.0. The third-order valence-electron chi connectivity index (χ3n) is 2.10. The number of nitrogens with one attached hydrogen (secondary N) is 1. The minimum Gasteiger partial charge on any atom is -0.277 e. The van der Waals surface area contributed by atoms with E-state index in [-0.39, 0.29) is 0 Å². The second-order valence-electron chi connectivity index (χ2n) is 3.72. The Kier molecular flexibility index (Phi) is 3.17. The molecule has 1 N–H and O–H groups in total. The van der Waals surface area contributed by atoms with E-state index >= 15 is 0 Å². The molecule has 0 aliphatic rings. The van der Waals surface area contributed by atoms with Crippen molar-refractivity contribution in [2.75, 3.05) is 0 Å². The first-order valence-corrected chi connectivity index (χ1v) is 4.91. The molecule has 0 amide bonds. The number of rotatable bonds is 2. The van der Waals surface area contributed by atoms with Crippen LogP contribution in [0.2, 0.25) is 5.15 Å². The molecule has 0 saturated carbocycles. The molecule has 0 aliphatic heterocycles. The predicted molar refractivity (Wildman–Crippen MR) is 61.4 cm³/mol. The number of aromatic nitrogens is 2. The highest BCUT2D eigenvalue weighted by atomic mass is 35.5. The first kappa shape index (κ1) is 11.1. The zero-order valence-corrected chi connectivity index (χ0v) is 9.57. The molecule has 76 valence electrons. The maximum absolute atomic E-state index is 5.98. The number of halogens is 1. The van der Waals surface area contributed by atoms with Crippen LogP contribution < -0.4 is 10.6 Å². The van der Waals surface area contributed by atoms with E-state index in [0.29, 0.717) is 11.1 Å². The second kappa shape index (κ2) is 4.01. The van der Waals surface area contributed by atoms with Gasteiger partial charge in [0.15, 0.2) is 5.15 Å². The normalized spacial score (nSPS) is 13.2. The van der Waals surface area contributed by atoms with Crippen LogP contribution in [0.25, 0.3) is 12.2 Å². The standard InChI is InChI=1S/C11H15ClN2/c1-6(2)9(7(3)4)10-8(5)13-14-11(10)12/h7,13H,1,5H2,2-4H3/b10-9-. The summed E-state index contributed by atoms with van der Waals surface area (Å²) in [4.78, 5) is 0. The van der Waals surface area contributed by atoms with Gasteiger partial charge in [-0.3, -0.25) is 5.10 Å². The fourth-order valence-electron chi connectivity index (χ4n) is 1.62. The van der Waals surface area contributed by atoms with E-state index in [1.165, 1.54) is 0 Å². The number of nitrogens with zero attached hydrogens (tertiary/aromatic N) is 1. The van der Waals surface area contributed by atoms with Crippen LogP contribution in [0.5, 0.6) is 0 Å². The zero-order valence-electron chi connectivity index (χ0n) is 8.82. The van der Waals surface area contributed by atoms with Gasteiger partial charge in [-0.25, -0.2) is 0 Å². The smallest absolute Gasteiger partial charge is 0.158 e. The lowest BCUT2D eigenvalue weighted by Gasteiger charge is -2.09. The molecule has 1 aromatic rings. The van der Waals surface area contributed by atoms with Crippen molar-refractivity contribution < 1.29 is 0 Å². The zero-order chi connectivity index (χ0) is 10.9. The molecule has 0 unspecified atom stereocenters. The maximum Gasteiger partial charge on any atom is 0.158 e. The van der Waals surface area contributed by atoms with Gasteiger partial charge in [0.2, 0.25) is 0 Å². The molecular formula is C11H15ClN2. The summed E-state index contributed by atoms with van der Waals surface area (Å²) in [5.41, 5.74) is 2.13. The first-order chi connectivity index (χ1) is 6.45. The van der Waals surface area contributed by atoms with Crippen molar-refractivity contribution in [3.63, 3.8) is 0 Å². The maximum atomic E-state index is 5.98. The van der Waals surface area contributed by atoms with Gasteiger partial charge in [0.25, 0.3) is 0 Å². The Bertz CT molecular complexity index is 454. The third kappa shape index (κ3) is 1.90. The predicted octanol–water partition coefficient (Wildman–Crippen LogP) is 1.86. The van der Waals surface area contributed by atoms with Crippen molar-refractivity contribution in [2.45, 2.75) is 20.8 Å². The highest BCUT2D eigenvalue weighted by Crippen LogP contribution is 2.17. The van der Waals surface area contributed by atoms with Crippen molar-refractivity contribution >= 4 is 23.8 Å². The molecule has 0 atom stereocenters. The average Bonchev–Trinajstić information content (AvgIpc) is 2.34. The van der Waals surface area contributed by atoms with Crippen LogP contribution in [0.3, 0.4) is 0 Å². The average molecular weight is 211 g/mol. The quantitative estimate of drug-likeness (QED) is 0.793. The Balaban J connectivity index is 3.69. The summed E-state index contributed by atoms with van der Waals surface area (Å²) in [7, 11) is 0. The van der Waals surface area contributed by atoms with Crippen LogP contribution in [-0.4, -0.2) is 10.2 Å².